The van der Waals surface area contributed by atoms with E-state index in [-0.39, 0.29) is 6.04 Å². The first-order chi connectivity index (χ1) is 7.66. The van der Waals surface area contributed by atoms with E-state index in [1.54, 1.807) is 17.5 Å². The predicted octanol–water partition coefficient (Wildman–Crippen LogP) is 4.62. The lowest BCUT2D eigenvalue weighted by atomic mass is 10.2. The van der Waals surface area contributed by atoms with E-state index in [1.807, 2.05) is 24.3 Å². The van der Waals surface area contributed by atoms with Crippen molar-refractivity contribution in [2.45, 2.75) is 13.0 Å². The van der Waals surface area contributed by atoms with Gasteiger partial charge in [-0.05, 0) is 31.2 Å². The van der Waals surface area contributed by atoms with Crippen molar-refractivity contribution >= 4 is 40.2 Å². The van der Waals surface area contributed by atoms with Crippen molar-refractivity contribution in [2.24, 2.45) is 0 Å². The van der Waals surface area contributed by atoms with Crippen molar-refractivity contribution in [2.75, 3.05) is 5.32 Å². The minimum atomic E-state index is 0.166. The second-order valence-corrected chi connectivity index (χ2v) is 5.45. The Balaban J connectivity index is 2.13. The summed E-state index contributed by atoms with van der Waals surface area (Å²) < 4.78 is 0.793. The van der Waals surface area contributed by atoms with E-state index in [0.29, 0.717) is 5.15 Å². The quantitative estimate of drug-likeness (QED) is 0.825. The van der Waals surface area contributed by atoms with Crippen molar-refractivity contribution < 1.29 is 0 Å². The lowest BCUT2D eigenvalue weighted by Crippen LogP contribution is -2.05. The number of halogens is 2. The van der Waals surface area contributed by atoms with Crippen LogP contribution in [0.3, 0.4) is 0 Å². The molecule has 0 aromatic carbocycles. The van der Waals surface area contributed by atoms with Crippen LogP contribution in [0.4, 0.5) is 5.69 Å². The molecule has 1 unspecified atom stereocenters. The van der Waals surface area contributed by atoms with E-state index >= 15 is 0 Å². The average Bonchev–Trinajstić information content (AvgIpc) is 2.68. The summed E-state index contributed by atoms with van der Waals surface area (Å²) in [5, 5.41) is 3.78. The molecule has 0 amide bonds. The minimum Gasteiger partial charge on any atom is -0.375 e. The van der Waals surface area contributed by atoms with Gasteiger partial charge in [0.15, 0.2) is 5.15 Å². The van der Waals surface area contributed by atoms with Crippen LogP contribution >= 0.6 is 34.5 Å². The molecule has 0 radical (unpaired) electrons. The topological polar surface area (TPSA) is 24.9 Å². The number of pyridine rings is 1. The number of nitrogens with one attached hydrogen (secondary N) is 1. The summed E-state index contributed by atoms with van der Waals surface area (Å²) in [6, 6.07) is 7.82. The number of rotatable bonds is 3. The molecule has 16 heavy (non-hydrogen) atoms. The van der Waals surface area contributed by atoms with E-state index < -0.39 is 0 Å². The SMILES string of the molecule is CC(Nc1cccnc1Cl)c1ccc(Cl)s1. The zero-order chi connectivity index (χ0) is 11.5. The highest BCUT2D eigenvalue weighted by Gasteiger charge is 2.09. The first-order valence-corrected chi connectivity index (χ1v) is 6.36. The Bertz CT molecular complexity index is 484. The minimum absolute atomic E-state index is 0.166. The Morgan fingerprint density at radius 1 is 1.31 bits per heavy atom. The molecule has 0 fully saturated rings. The van der Waals surface area contributed by atoms with Gasteiger partial charge in [-0.3, -0.25) is 0 Å². The molecule has 0 aliphatic rings. The van der Waals surface area contributed by atoms with E-state index in [4.69, 9.17) is 23.2 Å². The zero-order valence-corrected chi connectivity index (χ0v) is 10.9. The van der Waals surface area contributed by atoms with E-state index in [0.717, 1.165) is 10.0 Å². The first-order valence-electron chi connectivity index (χ1n) is 4.79. The molecule has 0 bridgehead atoms. The van der Waals surface area contributed by atoms with E-state index in [2.05, 4.69) is 17.2 Å². The predicted molar refractivity (Wildman–Crippen MR) is 70.6 cm³/mol. The van der Waals surface area contributed by atoms with E-state index in [9.17, 15) is 0 Å². The highest BCUT2D eigenvalue weighted by Crippen LogP contribution is 2.30. The summed E-state index contributed by atoms with van der Waals surface area (Å²) in [6.45, 7) is 2.06. The number of hydrogen-bond acceptors (Lipinski definition) is 3. The third-order valence-electron chi connectivity index (χ3n) is 2.15. The summed E-state index contributed by atoms with van der Waals surface area (Å²) in [5.74, 6) is 0. The second-order valence-electron chi connectivity index (χ2n) is 3.35. The van der Waals surface area contributed by atoms with Crippen LogP contribution in [0.2, 0.25) is 9.49 Å². The molecule has 0 aliphatic heterocycles. The molecule has 0 saturated heterocycles. The lowest BCUT2D eigenvalue weighted by molar-refractivity contribution is 0.906. The molecular formula is C11H10Cl2N2S. The Hall–Kier alpha value is -0.770. The van der Waals surface area contributed by atoms with Gasteiger partial charge in [-0.2, -0.15) is 0 Å². The molecule has 0 aliphatic carbocycles. The Morgan fingerprint density at radius 3 is 2.75 bits per heavy atom. The van der Waals surface area contributed by atoms with Gasteiger partial charge in [-0.25, -0.2) is 4.98 Å². The molecular weight excluding hydrogens is 263 g/mol. The normalized spacial score (nSPS) is 12.4. The van der Waals surface area contributed by atoms with Crippen LogP contribution < -0.4 is 5.32 Å². The Labute approximate surface area is 108 Å². The summed E-state index contributed by atoms with van der Waals surface area (Å²) in [4.78, 5) is 5.18. The van der Waals surface area contributed by atoms with Crippen molar-refractivity contribution in [1.82, 2.24) is 4.98 Å². The second kappa shape index (κ2) is 5.04. The maximum absolute atomic E-state index is 5.96. The van der Waals surface area contributed by atoms with Crippen molar-refractivity contribution in [1.29, 1.82) is 0 Å². The van der Waals surface area contributed by atoms with Gasteiger partial charge in [0.2, 0.25) is 0 Å². The molecule has 2 rings (SSSR count). The van der Waals surface area contributed by atoms with Crippen LogP contribution in [-0.2, 0) is 0 Å². The lowest BCUT2D eigenvalue weighted by Gasteiger charge is -2.14. The van der Waals surface area contributed by atoms with Gasteiger partial charge in [0.25, 0.3) is 0 Å². The number of aromatic nitrogens is 1. The van der Waals surface area contributed by atoms with Gasteiger partial charge in [0.1, 0.15) is 0 Å². The zero-order valence-electron chi connectivity index (χ0n) is 8.58. The first kappa shape index (κ1) is 11.7. The van der Waals surface area contributed by atoms with Gasteiger partial charge >= 0.3 is 0 Å². The van der Waals surface area contributed by atoms with E-state index in [1.165, 1.54) is 4.88 Å². The summed E-state index contributed by atoms with van der Waals surface area (Å²) in [5.41, 5.74) is 0.834. The molecule has 1 atom stereocenters. The molecule has 2 aromatic rings. The van der Waals surface area contributed by atoms with Crippen LogP contribution in [-0.4, -0.2) is 4.98 Å². The number of anilines is 1. The molecule has 0 saturated carbocycles. The summed E-state index contributed by atoms with van der Waals surface area (Å²) in [7, 11) is 0. The third kappa shape index (κ3) is 2.67. The molecule has 0 spiro atoms. The summed E-state index contributed by atoms with van der Waals surface area (Å²) >= 11 is 13.4. The molecule has 1 N–H and O–H groups in total. The Morgan fingerprint density at radius 2 is 2.12 bits per heavy atom. The monoisotopic (exact) mass is 272 g/mol. The third-order valence-corrected chi connectivity index (χ3v) is 3.87. The maximum Gasteiger partial charge on any atom is 0.152 e. The molecule has 84 valence electrons. The smallest absolute Gasteiger partial charge is 0.152 e. The van der Waals surface area contributed by atoms with Gasteiger partial charge in [-0.1, -0.05) is 23.2 Å². The molecule has 2 nitrogen and oxygen atoms in total. The molecule has 5 heteroatoms. The molecule has 2 aromatic heterocycles. The fourth-order valence-electron chi connectivity index (χ4n) is 1.36. The van der Waals surface area contributed by atoms with Crippen molar-refractivity contribution in [3.63, 3.8) is 0 Å². The van der Waals surface area contributed by atoms with Crippen LogP contribution in [0, 0.1) is 0 Å². The summed E-state index contributed by atoms with van der Waals surface area (Å²) in [6.07, 6.45) is 1.67. The largest absolute Gasteiger partial charge is 0.375 e. The van der Waals surface area contributed by atoms with Gasteiger partial charge < -0.3 is 5.32 Å². The maximum atomic E-state index is 5.96. The fourth-order valence-corrected chi connectivity index (χ4v) is 2.60. The van der Waals surface area contributed by atoms with Crippen LogP contribution in [0.15, 0.2) is 30.5 Å². The number of thiophene rings is 1. The van der Waals surface area contributed by atoms with Crippen molar-refractivity contribution in [3.8, 4) is 0 Å². The highest BCUT2D eigenvalue weighted by atomic mass is 35.5. The average molecular weight is 273 g/mol. The van der Waals surface area contributed by atoms with Gasteiger partial charge in [0.05, 0.1) is 16.1 Å². The van der Waals surface area contributed by atoms with Gasteiger partial charge in [0, 0.05) is 11.1 Å². The standard InChI is InChI=1S/C11H10Cl2N2S/c1-7(9-4-5-10(12)16-9)15-8-3-2-6-14-11(8)13/h2-7,15H,1H3. The van der Waals surface area contributed by atoms with Crippen LogP contribution in [0.5, 0.6) is 0 Å². The van der Waals surface area contributed by atoms with Crippen LogP contribution in [0.25, 0.3) is 0 Å². The number of hydrogen-bond donors (Lipinski definition) is 1. The Kier molecular flexibility index (Phi) is 3.69. The highest BCUT2D eigenvalue weighted by molar-refractivity contribution is 7.16. The molecule has 2 heterocycles. The van der Waals surface area contributed by atoms with Gasteiger partial charge in [-0.15, -0.1) is 11.3 Å². The van der Waals surface area contributed by atoms with Crippen LogP contribution in [0.1, 0.15) is 17.8 Å². The fraction of sp³-hybridized carbons (Fsp3) is 0.182. The number of nitrogens with zero attached hydrogens (tertiary/aromatic N) is 1. The van der Waals surface area contributed by atoms with Crippen molar-refractivity contribution in [3.05, 3.63) is 44.8 Å².